The molecule has 5 heteroatoms. The minimum atomic E-state index is 0.483. The van der Waals surface area contributed by atoms with Gasteiger partial charge in [0.05, 0.1) is 29.2 Å². The summed E-state index contributed by atoms with van der Waals surface area (Å²) in [6.07, 6.45) is 1.74. The van der Waals surface area contributed by atoms with Crippen molar-refractivity contribution in [1.29, 1.82) is 5.26 Å². The molecule has 1 aromatic heterocycles. The van der Waals surface area contributed by atoms with Crippen LogP contribution < -0.4 is 11.1 Å². The second-order valence-corrected chi connectivity index (χ2v) is 3.68. The number of anilines is 2. The van der Waals surface area contributed by atoms with Gasteiger partial charge in [-0.1, -0.05) is 6.07 Å². The summed E-state index contributed by atoms with van der Waals surface area (Å²) in [5, 5.41) is 16.1. The summed E-state index contributed by atoms with van der Waals surface area (Å²) in [6, 6.07) is 9.34. The van der Waals surface area contributed by atoms with Crippen molar-refractivity contribution in [3.05, 3.63) is 41.7 Å². The Morgan fingerprint density at radius 2 is 2.29 bits per heavy atom. The average molecular weight is 227 g/mol. The van der Waals surface area contributed by atoms with Gasteiger partial charge in [-0.25, -0.2) is 0 Å². The van der Waals surface area contributed by atoms with E-state index in [1.807, 2.05) is 19.2 Å². The van der Waals surface area contributed by atoms with E-state index in [4.69, 9.17) is 11.0 Å². The summed E-state index contributed by atoms with van der Waals surface area (Å²) in [4.78, 5) is 0. The molecule has 0 aliphatic carbocycles. The van der Waals surface area contributed by atoms with Crippen LogP contribution in [0.3, 0.4) is 0 Å². The first-order chi connectivity index (χ1) is 8.22. The Labute approximate surface area is 99.5 Å². The fourth-order valence-corrected chi connectivity index (χ4v) is 1.58. The highest BCUT2D eigenvalue weighted by molar-refractivity contribution is 5.72. The van der Waals surface area contributed by atoms with Crippen LogP contribution >= 0.6 is 0 Å². The Hall–Kier alpha value is -2.48. The van der Waals surface area contributed by atoms with Crippen LogP contribution in [0.5, 0.6) is 0 Å². The van der Waals surface area contributed by atoms with Crippen LogP contribution in [0.4, 0.5) is 11.4 Å². The van der Waals surface area contributed by atoms with Gasteiger partial charge in [0.2, 0.25) is 0 Å². The molecule has 5 nitrogen and oxygen atoms in total. The zero-order valence-electron chi connectivity index (χ0n) is 9.51. The van der Waals surface area contributed by atoms with Crippen LogP contribution in [-0.4, -0.2) is 9.78 Å². The average Bonchev–Trinajstić information content (AvgIpc) is 2.74. The Morgan fingerprint density at radius 1 is 1.47 bits per heavy atom. The number of hydrogen-bond donors (Lipinski definition) is 2. The third kappa shape index (κ3) is 2.21. The number of para-hydroxylation sites is 1. The molecule has 2 rings (SSSR count). The van der Waals surface area contributed by atoms with Gasteiger partial charge in [0.1, 0.15) is 6.07 Å². The van der Waals surface area contributed by atoms with Crippen LogP contribution in [0.1, 0.15) is 11.3 Å². The molecule has 0 amide bonds. The number of aromatic nitrogens is 2. The van der Waals surface area contributed by atoms with Crippen molar-refractivity contribution in [3.8, 4) is 6.07 Å². The van der Waals surface area contributed by atoms with Gasteiger partial charge in [0.25, 0.3) is 0 Å². The molecule has 1 aromatic carbocycles. The minimum Gasteiger partial charge on any atom is -0.396 e. The van der Waals surface area contributed by atoms with Gasteiger partial charge >= 0.3 is 0 Å². The van der Waals surface area contributed by atoms with Crippen LogP contribution in [-0.2, 0) is 13.6 Å². The lowest BCUT2D eigenvalue weighted by Gasteiger charge is -2.10. The molecule has 2 aromatic rings. The number of rotatable bonds is 3. The van der Waals surface area contributed by atoms with Crippen LogP contribution in [0, 0.1) is 11.3 Å². The maximum absolute atomic E-state index is 8.87. The number of hydrogen-bond acceptors (Lipinski definition) is 4. The first-order valence-corrected chi connectivity index (χ1v) is 5.21. The normalized spacial score (nSPS) is 9.88. The van der Waals surface area contributed by atoms with E-state index in [0.717, 1.165) is 11.4 Å². The van der Waals surface area contributed by atoms with E-state index in [2.05, 4.69) is 16.5 Å². The van der Waals surface area contributed by atoms with Crippen molar-refractivity contribution < 1.29 is 0 Å². The molecule has 0 fully saturated rings. The topological polar surface area (TPSA) is 79.7 Å². The largest absolute Gasteiger partial charge is 0.396 e. The van der Waals surface area contributed by atoms with E-state index in [0.29, 0.717) is 17.8 Å². The zero-order valence-corrected chi connectivity index (χ0v) is 9.51. The molecule has 0 unspecified atom stereocenters. The van der Waals surface area contributed by atoms with Gasteiger partial charge in [-0.05, 0) is 18.2 Å². The molecule has 0 aliphatic heterocycles. The number of benzene rings is 1. The van der Waals surface area contributed by atoms with E-state index < -0.39 is 0 Å². The van der Waals surface area contributed by atoms with Crippen LogP contribution in [0.25, 0.3) is 0 Å². The molecule has 0 aliphatic rings. The van der Waals surface area contributed by atoms with Gasteiger partial charge in [0, 0.05) is 13.2 Å². The van der Waals surface area contributed by atoms with Crippen LogP contribution in [0.2, 0.25) is 0 Å². The molecule has 17 heavy (non-hydrogen) atoms. The lowest BCUT2D eigenvalue weighted by atomic mass is 10.1. The monoisotopic (exact) mass is 227 g/mol. The van der Waals surface area contributed by atoms with E-state index in [1.165, 1.54) is 0 Å². The summed E-state index contributed by atoms with van der Waals surface area (Å²) in [7, 11) is 1.88. The Bertz CT molecular complexity index is 565. The highest BCUT2D eigenvalue weighted by atomic mass is 15.3. The number of nitrogens with one attached hydrogen (secondary N) is 1. The van der Waals surface area contributed by atoms with Crippen LogP contribution in [0.15, 0.2) is 30.5 Å². The van der Waals surface area contributed by atoms with Gasteiger partial charge in [-0.3, -0.25) is 4.68 Å². The number of nitrogens with two attached hydrogens (primary N) is 1. The SMILES string of the molecule is Cn1nccc1CNc1cccc(C#N)c1N. The molecule has 86 valence electrons. The molecule has 3 N–H and O–H groups in total. The molecule has 0 saturated heterocycles. The van der Waals surface area contributed by atoms with Crippen molar-refractivity contribution in [3.63, 3.8) is 0 Å². The van der Waals surface area contributed by atoms with Gasteiger partial charge in [-0.15, -0.1) is 0 Å². The van der Waals surface area contributed by atoms with Crippen molar-refractivity contribution in [2.24, 2.45) is 7.05 Å². The Kier molecular flexibility index (Phi) is 2.97. The summed E-state index contributed by atoms with van der Waals surface area (Å²) in [5.74, 6) is 0. The third-order valence-corrected chi connectivity index (χ3v) is 2.61. The third-order valence-electron chi connectivity index (χ3n) is 2.61. The van der Waals surface area contributed by atoms with Gasteiger partial charge < -0.3 is 11.1 Å². The fourth-order valence-electron chi connectivity index (χ4n) is 1.58. The van der Waals surface area contributed by atoms with Crippen molar-refractivity contribution in [1.82, 2.24) is 9.78 Å². The smallest absolute Gasteiger partial charge is 0.101 e. The second kappa shape index (κ2) is 4.58. The minimum absolute atomic E-state index is 0.483. The molecular weight excluding hydrogens is 214 g/mol. The van der Waals surface area contributed by atoms with Crippen molar-refractivity contribution in [2.45, 2.75) is 6.54 Å². The van der Waals surface area contributed by atoms with E-state index in [9.17, 15) is 0 Å². The predicted octanol–water partition coefficient (Wildman–Crippen LogP) is 1.49. The Morgan fingerprint density at radius 3 is 2.94 bits per heavy atom. The molecule has 0 spiro atoms. The second-order valence-electron chi connectivity index (χ2n) is 3.68. The maximum Gasteiger partial charge on any atom is 0.101 e. The number of nitrogen functional groups attached to an aromatic ring is 1. The lowest BCUT2D eigenvalue weighted by molar-refractivity contribution is 0.720. The predicted molar refractivity (Wildman–Crippen MR) is 66.1 cm³/mol. The highest BCUT2D eigenvalue weighted by Crippen LogP contribution is 2.22. The maximum atomic E-state index is 8.87. The molecule has 0 atom stereocenters. The summed E-state index contributed by atoms with van der Waals surface area (Å²) in [6.45, 7) is 0.621. The lowest BCUT2D eigenvalue weighted by Crippen LogP contribution is -2.07. The molecule has 0 saturated carbocycles. The summed E-state index contributed by atoms with van der Waals surface area (Å²) >= 11 is 0. The van der Waals surface area contributed by atoms with E-state index >= 15 is 0 Å². The van der Waals surface area contributed by atoms with E-state index in [-0.39, 0.29) is 0 Å². The Balaban J connectivity index is 2.15. The van der Waals surface area contributed by atoms with Gasteiger partial charge in [-0.2, -0.15) is 10.4 Å². The first kappa shape index (κ1) is 11.0. The molecule has 0 bridgehead atoms. The van der Waals surface area contributed by atoms with Crippen molar-refractivity contribution >= 4 is 11.4 Å². The van der Waals surface area contributed by atoms with Gasteiger partial charge in [0.15, 0.2) is 0 Å². The standard InChI is InChI=1S/C12H13N5/c1-17-10(5-6-16-17)8-15-11-4-2-3-9(7-13)12(11)14/h2-6,15H,8,14H2,1H3. The molecule has 0 radical (unpaired) electrons. The molecular formula is C12H13N5. The van der Waals surface area contributed by atoms with E-state index in [1.54, 1.807) is 23.0 Å². The summed E-state index contributed by atoms with van der Waals surface area (Å²) < 4.78 is 1.79. The zero-order chi connectivity index (χ0) is 12.3. The first-order valence-electron chi connectivity index (χ1n) is 5.21. The van der Waals surface area contributed by atoms with Crippen molar-refractivity contribution in [2.75, 3.05) is 11.1 Å². The quantitative estimate of drug-likeness (QED) is 0.778. The summed E-state index contributed by atoms with van der Waals surface area (Å²) in [5.41, 5.74) is 8.65. The highest BCUT2D eigenvalue weighted by Gasteiger charge is 2.04. The number of aryl methyl sites for hydroxylation is 1. The number of nitrogens with zero attached hydrogens (tertiary/aromatic N) is 3. The molecule has 1 heterocycles. The number of nitriles is 1. The fraction of sp³-hybridized carbons (Fsp3) is 0.167.